The van der Waals surface area contributed by atoms with Crippen molar-refractivity contribution in [2.45, 2.75) is 25.8 Å². The van der Waals surface area contributed by atoms with Gasteiger partial charge in [0.25, 0.3) is 0 Å². The van der Waals surface area contributed by atoms with Crippen molar-refractivity contribution in [2.24, 2.45) is 13.0 Å². The van der Waals surface area contributed by atoms with E-state index in [0.29, 0.717) is 11.7 Å². The van der Waals surface area contributed by atoms with Gasteiger partial charge in [0.2, 0.25) is 5.91 Å². The summed E-state index contributed by atoms with van der Waals surface area (Å²) in [6.07, 6.45) is 4.86. The molecule has 0 saturated carbocycles. The topological polar surface area (TPSA) is 80.9 Å². The minimum absolute atomic E-state index is 0.124. The molecule has 1 aliphatic heterocycles. The van der Waals surface area contributed by atoms with Gasteiger partial charge in [0, 0.05) is 20.0 Å². The average Bonchev–Trinajstić information content (AvgIpc) is 3.19. The van der Waals surface area contributed by atoms with Gasteiger partial charge in [-0.15, -0.1) is 5.10 Å². The first-order valence-electron chi connectivity index (χ1n) is 9.37. The van der Waals surface area contributed by atoms with Gasteiger partial charge in [0.15, 0.2) is 5.82 Å². The minimum atomic E-state index is -0.124. The van der Waals surface area contributed by atoms with Crippen molar-refractivity contribution in [2.75, 3.05) is 25.5 Å². The molecular weight excluding hydrogens is 342 g/mol. The Morgan fingerprint density at radius 2 is 2.15 bits per heavy atom. The Kier molecular flexibility index (Phi) is 4.89. The fourth-order valence-electron chi connectivity index (χ4n) is 3.88. The van der Waals surface area contributed by atoms with Crippen LogP contribution in [0.1, 0.15) is 18.7 Å². The van der Waals surface area contributed by atoms with E-state index >= 15 is 0 Å². The van der Waals surface area contributed by atoms with E-state index in [-0.39, 0.29) is 12.5 Å². The van der Waals surface area contributed by atoms with E-state index in [0.717, 1.165) is 36.4 Å². The summed E-state index contributed by atoms with van der Waals surface area (Å²) < 4.78 is 2.04. The van der Waals surface area contributed by atoms with Gasteiger partial charge in [-0.3, -0.25) is 4.79 Å². The number of nitrogens with zero attached hydrogens (tertiary/aromatic N) is 6. The van der Waals surface area contributed by atoms with E-state index in [2.05, 4.69) is 27.5 Å². The zero-order valence-electron chi connectivity index (χ0n) is 15.8. The van der Waals surface area contributed by atoms with Crippen LogP contribution < -0.4 is 5.32 Å². The summed E-state index contributed by atoms with van der Waals surface area (Å²) in [7, 11) is 3.89. The number of para-hydroxylation sites is 2. The molecule has 1 saturated heterocycles. The van der Waals surface area contributed by atoms with E-state index in [4.69, 9.17) is 4.98 Å². The summed E-state index contributed by atoms with van der Waals surface area (Å²) in [5, 5.41) is 10.9. The van der Waals surface area contributed by atoms with Crippen LogP contribution in [-0.4, -0.2) is 55.5 Å². The largest absolute Gasteiger partial charge is 0.318 e. The number of rotatable bonds is 5. The number of piperidine rings is 1. The van der Waals surface area contributed by atoms with Crippen LogP contribution in [0, 0.1) is 5.92 Å². The molecule has 27 heavy (non-hydrogen) atoms. The molecule has 3 heterocycles. The van der Waals surface area contributed by atoms with Crippen LogP contribution in [0.5, 0.6) is 0 Å². The molecule has 0 unspecified atom stereocenters. The summed E-state index contributed by atoms with van der Waals surface area (Å²) in [6, 6.07) is 7.99. The molecule has 2 aromatic heterocycles. The maximum atomic E-state index is 12.6. The molecule has 1 aromatic carbocycles. The molecule has 3 aromatic rings. The van der Waals surface area contributed by atoms with E-state index in [1.807, 2.05) is 28.8 Å². The number of anilines is 1. The van der Waals surface area contributed by atoms with Crippen LogP contribution in [0.2, 0.25) is 0 Å². The standard InChI is InChI=1S/C19H25N7O/c1-24-9-5-6-14(12-24)10-18-21-15-7-3-4-8-16(15)26(18)13-19(27)22-17-11-20-25(2)23-17/h3-4,7-8,11,14H,5-6,9-10,12-13H2,1-2H3,(H,22,23,27)/t14-/m0/s1. The Labute approximate surface area is 158 Å². The van der Waals surface area contributed by atoms with Gasteiger partial charge in [0.1, 0.15) is 12.4 Å². The van der Waals surface area contributed by atoms with Crippen LogP contribution in [0.15, 0.2) is 30.5 Å². The summed E-state index contributed by atoms with van der Waals surface area (Å²) in [5.74, 6) is 1.89. The second kappa shape index (κ2) is 7.48. The van der Waals surface area contributed by atoms with Crippen LogP contribution in [0.25, 0.3) is 11.0 Å². The lowest BCUT2D eigenvalue weighted by Gasteiger charge is -2.29. The molecule has 8 nitrogen and oxygen atoms in total. The lowest BCUT2D eigenvalue weighted by atomic mass is 9.95. The highest BCUT2D eigenvalue weighted by atomic mass is 16.2. The molecule has 8 heteroatoms. The maximum absolute atomic E-state index is 12.6. The van der Waals surface area contributed by atoms with Crippen LogP contribution in [0.4, 0.5) is 5.82 Å². The van der Waals surface area contributed by atoms with Crippen molar-refractivity contribution in [3.63, 3.8) is 0 Å². The third-order valence-corrected chi connectivity index (χ3v) is 5.10. The molecule has 0 radical (unpaired) electrons. The Morgan fingerprint density at radius 3 is 2.93 bits per heavy atom. The molecule has 1 fully saturated rings. The number of benzene rings is 1. The van der Waals surface area contributed by atoms with Crippen LogP contribution in [-0.2, 0) is 24.8 Å². The molecule has 1 aliphatic rings. The molecule has 142 valence electrons. The average molecular weight is 367 g/mol. The number of carbonyl (C=O) groups is 1. The van der Waals surface area contributed by atoms with Gasteiger partial charge >= 0.3 is 0 Å². The number of carbonyl (C=O) groups excluding carboxylic acids is 1. The van der Waals surface area contributed by atoms with Crippen LogP contribution in [0.3, 0.4) is 0 Å². The Bertz CT molecular complexity index is 945. The number of fused-ring (bicyclic) bond motifs is 1. The number of nitrogens with one attached hydrogen (secondary N) is 1. The predicted octanol–water partition coefficient (Wildman–Crippen LogP) is 1.69. The Balaban J connectivity index is 1.57. The quantitative estimate of drug-likeness (QED) is 0.742. The zero-order chi connectivity index (χ0) is 18.8. The second-order valence-electron chi connectivity index (χ2n) is 7.34. The van der Waals surface area contributed by atoms with Gasteiger partial charge in [-0.25, -0.2) is 4.98 Å². The summed E-state index contributed by atoms with van der Waals surface area (Å²) in [4.78, 5) is 21.2. The van der Waals surface area contributed by atoms with Crippen molar-refractivity contribution in [1.82, 2.24) is 29.4 Å². The Hall–Kier alpha value is -2.74. The maximum Gasteiger partial charge on any atom is 0.245 e. The van der Waals surface area contributed by atoms with Crippen molar-refractivity contribution in [3.8, 4) is 0 Å². The molecule has 1 N–H and O–H groups in total. The van der Waals surface area contributed by atoms with Gasteiger partial charge in [-0.1, -0.05) is 12.1 Å². The lowest BCUT2D eigenvalue weighted by molar-refractivity contribution is -0.116. The molecule has 4 rings (SSSR count). The molecule has 0 spiro atoms. The van der Waals surface area contributed by atoms with E-state index < -0.39 is 0 Å². The fourth-order valence-corrected chi connectivity index (χ4v) is 3.88. The molecule has 1 atom stereocenters. The molecule has 1 amide bonds. The SMILES string of the molecule is CN1CCC[C@@H](Cc2nc3ccccc3n2CC(=O)Nc2cnn(C)n2)C1. The van der Waals surface area contributed by atoms with Crippen molar-refractivity contribution < 1.29 is 4.79 Å². The van der Waals surface area contributed by atoms with Gasteiger partial charge in [-0.2, -0.15) is 9.90 Å². The highest BCUT2D eigenvalue weighted by Gasteiger charge is 2.22. The van der Waals surface area contributed by atoms with Gasteiger partial charge in [0.05, 0.1) is 17.2 Å². The molecular formula is C19H25N7O. The zero-order valence-corrected chi connectivity index (χ0v) is 15.8. The monoisotopic (exact) mass is 367 g/mol. The van der Waals surface area contributed by atoms with Gasteiger partial charge in [-0.05, 0) is 44.5 Å². The number of hydrogen-bond donors (Lipinski definition) is 1. The number of aryl methyl sites for hydroxylation is 1. The van der Waals surface area contributed by atoms with E-state index in [9.17, 15) is 4.79 Å². The summed E-state index contributed by atoms with van der Waals surface area (Å²) in [5.41, 5.74) is 1.93. The molecule has 0 aliphatic carbocycles. The van der Waals surface area contributed by atoms with Crippen molar-refractivity contribution >= 4 is 22.8 Å². The highest BCUT2D eigenvalue weighted by Crippen LogP contribution is 2.23. The first-order chi connectivity index (χ1) is 13.1. The number of amides is 1. The van der Waals surface area contributed by atoms with Gasteiger partial charge < -0.3 is 14.8 Å². The lowest BCUT2D eigenvalue weighted by Crippen LogP contribution is -2.33. The first kappa shape index (κ1) is 17.7. The summed E-state index contributed by atoms with van der Waals surface area (Å²) in [6.45, 7) is 2.46. The van der Waals surface area contributed by atoms with Crippen molar-refractivity contribution in [3.05, 3.63) is 36.3 Å². The first-order valence-corrected chi connectivity index (χ1v) is 9.37. The third kappa shape index (κ3) is 4.00. The second-order valence-corrected chi connectivity index (χ2v) is 7.34. The predicted molar refractivity (Wildman–Crippen MR) is 103 cm³/mol. The number of imidazole rings is 1. The Morgan fingerprint density at radius 1 is 1.30 bits per heavy atom. The number of hydrogen-bond acceptors (Lipinski definition) is 5. The minimum Gasteiger partial charge on any atom is -0.318 e. The number of aromatic nitrogens is 5. The van der Waals surface area contributed by atoms with E-state index in [1.165, 1.54) is 17.6 Å². The summed E-state index contributed by atoms with van der Waals surface area (Å²) >= 11 is 0. The highest BCUT2D eigenvalue weighted by molar-refractivity contribution is 5.90. The normalized spacial score (nSPS) is 18.1. The smallest absolute Gasteiger partial charge is 0.245 e. The van der Waals surface area contributed by atoms with E-state index in [1.54, 1.807) is 13.2 Å². The van der Waals surface area contributed by atoms with Crippen LogP contribution >= 0.6 is 0 Å². The third-order valence-electron chi connectivity index (χ3n) is 5.10. The number of likely N-dealkylation sites (tertiary alicyclic amines) is 1. The van der Waals surface area contributed by atoms with Crippen molar-refractivity contribution in [1.29, 1.82) is 0 Å². The molecule has 0 bridgehead atoms. The fraction of sp³-hybridized carbons (Fsp3) is 0.474.